The third kappa shape index (κ3) is 5.83. The molecule has 1 aliphatic heterocycles. The molecule has 0 radical (unpaired) electrons. The van der Waals surface area contributed by atoms with Crippen molar-refractivity contribution in [2.75, 3.05) is 23.4 Å². The number of amides is 2. The summed E-state index contributed by atoms with van der Waals surface area (Å²) in [6, 6.07) is 8.15. The number of hydrogen-bond donors (Lipinski definition) is 2. The van der Waals surface area contributed by atoms with E-state index >= 15 is 0 Å². The number of nitrogens with zero attached hydrogens (tertiary/aromatic N) is 1. The van der Waals surface area contributed by atoms with E-state index in [1.807, 2.05) is 54.8 Å². The number of thioether (sulfide) groups is 1. The van der Waals surface area contributed by atoms with Gasteiger partial charge in [-0.15, -0.1) is 0 Å². The SMILES string of the molecule is CC(=O)N(Cc1ccc(NC(=O)CC2CSCCN2)cc1)C(C)C. The van der Waals surface area contributed by atoms with Crippen LogP contribution in [0.2, 0.25) is 0 Å². The lowest BCUT2D eigenvalue weighted by molar-refractivity contribution is -0.131. The number of hydrogen-bond acceptors (Lipinski definition) is 4. The molecule has 0 bridgehead atoms. The molecule has 1 unspecified atom stereocenters. The van der Waals surface area contributed by atoms with Gasteiger partial charge in [-0.25, -0.2) is 0 Å². The molecule has 1 heterocycles. The second kappa shape index (κ2) is 9.08. The van der Waals surface area contributed by atoms with Gasteiger partial charge in [0.05, 0.1) is 0 Å². The Morgan fingerprint density at radius 3 is 2.58 bits per heavy atom. The van der Waals surface area contributed by atoms with E-state index in [-0.39, 0.29) is 23.9 Å². The molecule has 2 rings (SSSR count). The highest BCUT2D eigenvalue weighted by atomic mass is 32.2. The zero-order valence-corrected chi connectivity index (χ0v) is 15.5. The van der Waals surface area contributed by atoms with E-state index in [2.05, 4.69) is 10.6 Å². The summed E-state index contributed by atoms with van der Waals surface area (Å²) in [6.45, 7) is 7.16. The Labute approximate surface area is 148 Å². The predicted molar refractivity (Wildman–Crippen MR) is 100 cm³/mol. The summed E-state index contributed by atoms with van der Waals surface area (Å²) in [7, 11) is 0. The van der Waals surface area contributed by atoms with Gasteiger partial charge in [0, 0.05) is 55.7 Å². The molecule has 5 nitrogen and oxygen atoms in total. The fourth-order valence-corrected chi connectivity index (χ4v) is 3.68. The van der Waals surface area contributed by atoms with Crippen molar-refractivity contribution in [3.05, 3.63) is 29.8 Å². The van der Waals surface area contributed by atoms with Crippen LogP contribution in [0.5, 0.6) is 0 Å². The fourth-order valence-electron chi connectivity index (χ4n) is 2.73. The molecule has 0 saturated carbocycles. The van der Waals surface area contributed by atoms with Crippen molar-refractivity contribution in [1.82, 2.24) is 10.2 Å². The highest BCUT2D eigenvalue weighted by molar-refractivity contribution is 7.99. The Kier molecular flexibility index (Phi) is 7.12. The molecule has 24 heavy (non-hydrogen) atoms. The molecule has 2 amide bonds. The molecule has 0 aliphatic carbocycles. The van der Waals surface area contributed by atoms with Crippen LogP contribution in [-0.4, -0.2) is 46.8 Å². The zero-order chi connectivity index (χ0) is 17.5. The van der Waals surface area contributed by atoms with Gasteiger partial charge in [-0.3, -0.25) is 9.59 Å². The number of anilines is 1. The predicted octanol–water partition coefficient (Wildman–Crippen LogP) is 2.48. The van der Waals surface area contributed by atoms with Gasteiger partial charge in [0.15, 0.2) is 0 Å². The molecule has 1 fully saturated rings. The molecule has 2 N–H and O–H groups in total. The van der Waals surface area contributed by atoms with E-state index in [0.29, 0.717) is 13.0 Å². The minimum absolute atomic E-state index is 0.0373. The summed E-state index contributed by atoms with van der Waals surface area (Å²) in [5.74, 6) is 2.21. The molecule has 1 aromatic rings. The van der Waals surface area contributed by atoms with Crippen molar-refractivity contribution in [3.8, 4) is 0 Å². The van der Waals surface area contributed by atoms with Crippen molar-refractivity contribution in [2.45, 2.75) is 45.8 Å². The molecule has 1 atom stereocenters. The second-order valence-corrected chi connectivity index (χ2v) is 7.57. The molecular formula is C18H27N3O2S. The molecule has 1 aliphatic rings. The van der Waals surface area contributed by atoms with Crippen molar-refractivity contribution < 1.29 is 9.59 Å². The Morgan fingerprint density at radius 2 is 2.04 bits per heavy atom. The largest absolute Gasteiger partial charge is 0.336 e. The molecule has 1 aromatic carbocycles. The fraction of sp³-hybridized carbons (Fsp3) is 0.556. The molecule has 1 saturated heterocycles. The van der Waals surface area contributed by atoms with Crippen LogP contribution in [0.25, 0.3) is 0 Å². The van der Waals surface area contributed by atoms with Gasteiger partial charge in [-0.2, -0.15) is 11.8 Å². The Bertz CT molecular complexity index is 554. The van der Waals surface area contributed by atoms with E-state index in [9.17, 15) is 9.59 Å². The highest BCUT2D eigenvalue weighted by Crippen LogP contribution is 2.15. The first kappa shape index (κ1) is 18.8. The normalized spacial score (nSPS) is 17.6. The first-order valence-electron chi connectivity index (χ1n) is 8.43. The number of nitrogens with one attached hydrogen (secondary N) is 2. The minimum atomic E-state index is 0.0373. The second-order valence-electron chi connectivity index (χ2n) is 6.42. The quantitative estimate of drug-likeness (QED) is 0.828. The van der Waals surface area contributed by atoms with Crippen LogP contribution in [0.1, 0.15) is 32.8 Å². The van der Waals surface area contributed by atoms with E-state index in [0.717, 1.165) is 29.3 Å². The first-order chi connectivity index (χ1) is 11.5. The lowest BCUT2D eigenvalue weighted by atomic mass is 10.1. The van der Waals surface area contributed by atoms with Gasteiger partial charge in [0.2, 0.25) is 11.8 Å². The van der Waals surface area contributed by atoms with E-state index in [1.54, 1.807) is 6.92 Å². The monoisotopic (exact) mass is 349 g/mol. The van der Waals surface area contributed by atoms with Crippen LogP contribution in [-0.2, 0) is 16.1 Å². The number of rotatable bonds is 6. The number of benzene rings is 1. The zero-order valence-electron chi connectivity index (χ0n) is 14.7. The van der Waals surface area contributed by atoms with Gasteiger partial charge in [-0.05, 0) is 31.5 Å². The van der Waals surface area contributed by atoms with Crippen LogP contribution < -0.4 is 10.6 Å². The molecule has 6 heteroatoms. The first-order valence-corrected chi connectivity index (χ1v) is 9.58. The summed E-state index contributed by atoms with van der Waals surface area (Å²) in [5, 5.41) is 6.32. The van der Waals surface area contributed by atoms with Gasteiger partial charge in [0.25, 0.3) is 0 Å². The Balaban J connectivity index is 1.86. The van der Waals surface area contributed by atoms with Crippen molar-refractivity contribution >= 4 is 29.3 Å². The number of carbonyl (C=O) groups is 2. The lowest BCUT2D eigenvalue weighted by Gasteiger charge is -2.25. The van der Waals surface area contributed by atoms with Crippen LogP contribution in [0, 0.1) is 0 Å². The van der Waals surface area contributed by atoms with Crippen LogP contribution in [0.15, 0.2) is 24.3 Å². The Morgan fingerprint density at radius 1 is 1.33 bits per heavy atom. The van der Waals surface area contributed by atoms with Gasteiger partial charge in [-0.1, -0.05) is 12.1 Å². The van der Waals surface area contributed by atoms with E-state index < -0.39 is 0 Å². The van der Waals surface area contributed by atoms with Crippen molar-refractivity contribution in [1.29, 1.82) is 0 Å². The summed E-state index contributed by atoms with van der Waals surface area (Å²) in [5.41, 5.74) is 1.85. The average Bonchev–Trinajstić information content (AvgIpc) is 2.54. The molecule has 0 spiro atoms. The minimum Gasteiger partial charge on any atom is -0.336 e. The highest BCUT2D eigenvalue weighted by Gasteiger charge is 2.17. The van der Waals surface area contributed by atoms with Gasteiger partial charge in [0.1, 0.15) is 0 Å². The third-order valence-corrected chi connectivity index (χ3v) is 5.18. The Hall–Kier alpha value is -1.53. The molecular weight excluding hydrogens is 322 g/mol. The third-order valence-electron chi connectivity index (χ3n) is 4.05. The average molecular weight is 350 g/mol. The summed E-state index contributed by atoms with van der Waals surface area (Å²) in [4.78, 5) is 25.6. The smallest absolute Gasteiger partial charge is 0.225 e. The van der Waals surface area contributed by atoms with Crippen LogP contribution in [0.3, 0.4) is 0 Å². The maximum absolute atomic E-state index is 12.1. The summed E-state index contributed by atoms with van der Waals surface area (Å²) in [6.07, 6.45) is 0.500. The lowest BCUT2D eigenvalue weighted by Crippen LogP contribution is -2.39. The van der Waals surface area contributed by atoms with Gasteiger partial charge < -0.3 is 15.5 Å². The van der Waals surface area contributed by atoms with Crippen LogP contribution in [0.4, 0.5) is 5.69 Å². The van der Waals surface area contributed by atoms with Crippen LogP contribution >= 0.6 is 11.8 Å². The van der Waals surface area contributed by atoms with E-state index in [1.165, 1.54) is 0 Å². The molecule has 132 valence electrons. The maximum Gasteiger partial charge on any atom is 0.225 e. The maximum atomic E-state index is 12.1. The van der Waals surface area contributed by atoms with Crippen molar-refractivity contribution in [3.63, 3.8) is 0 Å². The molecule has 0 aromatic heterocycles. The van der Waals surface area contributed by atoms with Gasteiger partial charge >= 0.3 is 0 Å². The topological polar surface area (TPSA) is 61.4 Å². The van der Waals surface area contributed by atoms with Crippen molar-refractivity contribution in [2.24, 2.45) is 0 Å². The number of carbonyl (C=O) groups excluding carboxylic acids is 2. The standard InChI is InChI=1S/C18H27N3O2S/c1-13(2)21(14(3)22)11-15-4-6-16(7-5-15)20-18(23)10-17-12-24-9-8-19-17/h4-7,13,17,19H,8-12H2,1-3H3,(H,20,23). The van der Waals surface area contributed by atoms with E-state index in [4.69, 9.17) is 0 Å². The summed E-state index contributed by atoms with van der Waals surface area (Å²) < 4.78 is 0. The summed E-state index contributed by atoms with van der Waals surface area (Å²) >= 11 is 1.89.